The van der Waals surface area contributed by atoms with Crippen LogP contribution in [0, 0.1) is 18.3 Å². The highest BCUT2D eigenvalue weighted by molar-refractivity contribution is 6.03. The summed E-state index contributed by atoms with van der Waals surface area (Å²) in [5.74, 6) is -0.334. The quantitative estimate of drug-likeness (QED) is 0.781. The molecule has 1 aromatic carbocycles. The van der Waals surface area contributed by atoms with Crippen LogP contribution in [0.4, 0.5) is 0 Å². The Kier molecular flexibility index (Phi) is 3.82. The zero-order valence-corrected chi connectivity index (χ0v) is 11.0. The lowest BCUT2D eigenvalue weighted by atomic mass is 9.91. The molecule has 0 aliphatic rings. The molecule has 1 aromatic heterocycles. The van der Waals surface area contributed by atoms with Crippen LogP contribution < -0.4 is 0 Å². The van der Waals surface area contributed by atoms with Gasteiger partial charge < -0.3 is 4.42 Å². The third-order valence-corrected chi connectivity index (χ3v) is 3.10. The number of hydrogen-bond acceptors (Lipinski definition) is 3. The minimum Gasteiger partial charge on any atom is -0.469 e. The molecule has 0 amide bonds. The van der Waals surface area contributed by atoms with E-state index >= 15 is 0 Å². The van der Waals surface area contributed by atoms with Crippen LogP contribution >= 0.6 is 0 Å². The number of Topliss-reactive ketones (excluding diaryl/α,β-unsaturated/α-hetero) is 1. The summed E-state index contributed by atoms with van der Waals surface area (Å²) in [6, 6.07) is 11.2. The van der Waals surface area contributed by atoms with Gasteiger partial charge in [0.1, 0.15) is 11.7 Å². The Morgan fingerprint density at radius 1 is 1.42 bits per heavy atom. The van der Waals surface area contributed by atoms with Gasteiger partial charge in [0.15, 0.2) is 5.78 Å². The zero-order chi connectivity index (χ0) is 13.8. The maximum atomic E-state index is 12.4. The van der Waals surface area contributed by atoms with Crippen molar-refractivity contribution in [3.05, 3.63) is 59.0 Å². The smallest absolute Gasteiger partial charge is 0.187 e. The molecule has 3 nitrogen and oxygen atoms in total. The summed E-state index contributed by atoms with van der Waals surface area (Å²) >= 11 is 0. The highest BCUT2D eigenvalue weighted by Crippen LogP contribution is 2.24. The molecule has 0 N–H and O–H groups in total. The molecule has 0 fully saturated rings. The first kappa shape index (κ1) is 13.1. The predicted octanol–water partition coefficient (Wildman–Crippen LogP) is 3.64. The first-order valence-electron chi connectivity index (χ1n) is 6.24. The number of aryl methyl sites for hydroxylation is 2. The molecule has 0 saturated heterocycles. The van der Waals surface area contributed by atoms with E-state index in [1.165, 1.54) is 6.26 Å². The Labute approximate surface area is 112 Å². The average Bonchev–Trinajstić information content (AvgIpc) is 2.87. The van der Waals surface area contributed by atoms with E-state index in [1.807, 2.05) is 38.1 Å². The number of ketones is 1. The van der Waals surface area contributed by atoms with Crippen molar-refractivity contribution in [3.63, 3.8) is 0 Å². The SMILES string of the molecule is CCc1occc1C(=O)C(C#N)c1cccc(C)c1. The van der Waals surface area contributed by atoms with Gasteiger partial charge in [-0.05, 0) is 18.6 Å². The van der Waals surface area contributed by atoms with Crippen molar-refractivity contribution in [1.29, 1.82) is 5.26 Å². The van der Waals surface area contributed by atoms with E-state index in [0.29, 0.717) is 17.7 Å². The number of benzene rings is 1. The summed E-state index contributed by atoms with van der Waals surface area (Å²) < 4.78 is 5.26. The van der Waals surface area contributed by atoms with Gasteiger partial charge in [-0.15, -0.1) is 0 Å². The Bertz CT molecular complexity index is 634. The lowest BCUT2D eigenvalue weighted by Gasteiger charge is -2.09. The molecule has 2 rings (SSSR count). The fraction of sp³-hybridized carbons (Fsp3) is 0.250. The normalized spacial score (nSPS) is 11.8. The molecule has 0 spiro atoms. The molecule has 0 saturated carbocycles. The number of nitriles is 1. The minimum atomic E-state index is -0.775. The van der Waals surface area contributed by atoms with Crippen molar-refractivity contribution in [2.75, 3.05) is 0 Å². The monoisotopic (exact) mass is 253 g/mol. The van der Waals surface area contributed by atoms with Gasteiger partial charge in [0, 0.05) is 6.42 Å². The summed E-state index contributed by atoms with van der Waals surface area (Å²) in [5.41, 5.74) is 2.28. The van der Waals surface area contributed by atoms with Gasteiger partial charge in [-0.25, -0.2) is 0 Å². The number of rotatable bonds is 4. The summed E-state index contributed by atoms with van der Waals surface area (Å²) in [4.78, 5) is 12.4. The number of hydrogen-bond donors (Lipinski definition) is 0. The fourth-order valence-electron chi connectivity index (χ4n) is 2.12. The molecule has 0 aliphatic heterocycles. The van der Waals surface area contributed by atoms with Crippen LogP contribution in [0.2, 0.25) is 0 Å². The maximum Gasteiger partial charge on any atom is 0.187 e. The van der Waals surface area contributed by atoms with E-state index in [0.717, 1.165) is 11.1 Å². The molecule has 96 valence electrons. The molecule has 0 aliphatic carbocycles. The van der Waals surface area contributed by atoms with Crippen molar-refractivity contribution in [2.24, 2.45) is 0 Å². The van der Waals surface area contributed by atoms with Crippen molar-refractivity contribution < 1.29 is 9.21 Å². The molecular weight excluding hydrogens is 238 g/mol. The predicted molar refractivity (Wildman–Crippen MR) is 71.9 cm³/mol. The van der Waals surface area contributed by atoms with Crippen LogP contribution in [-0.2, 0) is 6.42 Å². The summed E-state index contributed by atoms with van der Waals surface area (Å²) in [5, 5.41) is 9.30. The van der Waals surface area contributed by atoms with E-state index in [4.69, 9.17) is 4.42 Å². The molecule has 0 radical (unpaired) electrons. The summed E-state index contributed by atoms with van der Waals surface area (Å²) in [6.07, 6.45) is 2.14. The van der Waals surface area contributed by atoms with Crippen molar-refractivity contribution in [2.45, 2.75) is 26.2 Å². The summed E-state index contributed by atoms with van der Waals surface area (Å²) in [7, 11) is 0. The van der Waals surface area contributed by atoms with Crippen molar-refractivity contribution in [3.8, 4) is 6.07 Å². The van der Waals surface area contributed by atoms with Crippen LogP contribution in [0.25, 0.3) is 0 Å². The lowest BCUT2D eigenvalue weighted by molar-refractivity contribution is 0.0977. The second kappa shape index (κ2) is 5.53. The summed E-state index contributed by atoms with van der Waals surface area (Å²) in [6.45, 7) is 3.86. The Morgan fingerprint density at radius 2 is 2.21 bits per heavy atom. The highest BCUT2D eigenvalue weighted by atomic mass is 16.3. The molecule has 1 atom stereocenters. The first-order chi connectivity index (χ1) is 9.17. The van der Waals surface area contributed by atoms with Gasteiger partial charge in [0.25, 0.3) is 0 Å². The van der Waals surface area contributed by atoms with Crippen LogP contribution in [0.15, 0.2) is 41.0 Å². The third kappa shape index (κ3) is 2.58. The second-order valence-corrected chi connectivity index (χ2v) is 4.45. The van der Waals surface area contributed by atoms with Crippen molar-refractivity contribution >= 4 is 5.78 Å². The lowest BCUT2D eigenvalue weighted by Crippen LogP contribution is -2.12. The Hall–Kier alpha value is -2.34. The largest absolute Gasteiger partial charge is 0.469 e. The maximum absolute atomic E-state index is 12.4. The topological polar surface area (TPSA) is 54.0 Å². The van der Waals surface area contributed by atoms with Crippen LogP contribution in [0.5, 0.6) is 0 Å². The second-order valence-electron chi connectivity index (χ2n) is 4.45. The van der Waals surface area contributed by atoms with E-state index in [1.54, 1.807) is 6.07 Å². The minimum absolute atomic E-state index is 0.196. The molecule has 0 bridgehead atoms. The Balaban J connectivity index is 2.38. The van der Waals surface area contributed by atoms with Gasteiger partial charge in [0.05, 0.1) is 17.9 Å². The zero-order valence-electron chi connectivity index (χ0n) is 11.0. The van der Waals surface area contributed by atoms with Gasteiger partial charge in [-0.3, -0.25) is 4.79 Å². The Morgan fingerprint density at radius 3 is 2.84 bits per heavy atom. The van der Waals surface area contributed by atoms with E-state index in [-0.39, 0.29) is 5.78 Å². The number of carbonyl (C=O) groups excluding carboxylic acids is 1. The molecule has 1 heterocycles. The number of nitrogens with zero attached hydrogens (tertiary/aromatic N) is 1. The molecule has 3 heteroatoms. The van der Waals surface area contributed by atoms with Crippen molar-refractivity contribution in [1.82, 2.24) is 0 Å². The van der Waals surface area contributed by atoms with Gasteiger partial charge in [-0.2, -0.15) is 5.26 Å². The average molecular weight is 253 g/mol. The molecule has 1 unspecified atom stereocenters. The van der Waals surface area contributed by atoms with Crippen LogP contribution in [-0.4, -0.2) is 5.78 Å². The fourth-order valence-corrected chi connectivity index (χ4v) is 2.12. The van der Waals surface area contributed by atoms with E-state index in [9.17, 15) is 10.1 Å². The van der Waals surface area contributed by atoms with E-state index in [2.05, 4.69) is 6.07 Å². The van der Waals surface area contributed by atoms with E-state index < -0.39 is 5.92 Å². The number of furan rings is 1. The third-order valence-electron chi connectivity index (χ3n) is 3.10. The highest BCUT2D eigenvalue weighted by Gasteiger charge is 2.25. The van der Waals surface area contributed by atoms with Gasteiger partial charge in [-0.1, -0.05) is 36.8 Å². The van der Waals surface area contributed by atoms with Gasteiger partial charge >= 0.3 is 0 Å². The molecule has 19 heavy (non-hydrogen) atoms. The molecule has 2 aromatic rings. The van der Waals surface area contributed by atoms with Crippen LogP contribution in [0.1, 0.15) is 40.1 Å². The standard InChI is InChI=1S/C16H15NO2/c1-3-15-13(7-8-19-15)16(18)14(10-17)12-6-4-5-11(2)9-12/h4-9,14H,3H2,1-2H3. The molecular formula is C16H15NO2. The van der Waals surface area contributed by atoms with Gasteiger partial charge in [0.2, 0.25) is 0 Å². The van der Waals surface area contributed by atoms with Crippen LogP contribution in [0.3, 0.4) is 0 Å². The first-order valence-corrected chi connectivity index (χ1v) is 6.24. The number of carbonyl (C=O) groups is 1.